The number of aliphatic carboxylic acids is 1. The lowest BCUT2D eigenvalue weighted by atomic mass is 9.74. The number of ether oxygens (including phenoxy) is 1. The van der Waals surface area contributed by atoms with Gasteiger partial charge in [-0.1, -0.05) is 0 Å². The zero-order valence-corrected chi connectivity index (χ0v) is 10.8. The molecule has 1 aliphatic heterocycles. The Balaban J connectivity index is 1.91. The Bertz CT molecular complexity index is 338. The number of rotatable bonds is 4. The second kappa shape index (κ2) is 5.26. The first-order valence-corrected chi connectivity index (χ1v) is 6.66. The van der Waals surface area contributed by atoms with Crippen molar-refractivity contribution in [1.82, 2.24) is 5.32 Å². The quantitative estimate of drug-likeness (QED) is 0.794. The number of carboxylic acid groups (broad SMARTS) is 1. The molecule has 1 heterocycles. The molecule has 0 radical (unpaired) electrons. The zero-order valence-electron chi connectivity index (χ0n) is 10.8. The number of amides is 1. The number of carboxylic acids is 1. The van der Waals surface area contributed by atoms with Crippen LogP contribution in [0.15, 0.2) is 0 Å². The average Bonchev–Trinajstić information content (AvgIpc) is 2.25. The Morgan fingerprint density at radius 1 is 1.44 bits per heavy atom. The third-order valence-electron chi connectivity index (χ3n) is 4.04. The molecule has 5 heteroatoms. The molecule has 1 saturated heterocycles. The Morgan fingerprint density at radius 2 is 2.17 bits per heavy atom. The fraction of sp³-hybridized carbons (Fsp3) is 0.846. The van der Waals surface area contributed by atoms with Gasteiger partial charge in [-0.25, -0.2) is 0 Å². The molecule has 1 saturated carbocycles. The molecule has 0 aromatic heterocycles. The highest BCUT2D eigenvalue weighted by atomic mass is 16.5. The van der Waals surface area contributed by atoms with Gasteiger partial charge in [0.1, 0.15) is 0 Å². The largest absolute Gasteiger partial charge is 0.481 e. The average molecular weight is 255 g/mol. The number of hydrogen-bond acceptors (Lipinski definition) is 3. The number of hydrogen-bond donors (Lipinski definition) is 2. The van der Waals surface area contributed by atoms with E-state index >= 15 is 0 Å². The van der Waals surface area contributed by atoms with E-state index in [1.807, 2.05) is 6.92 Å². The van der Waals surface area contributed by atoms with Crippen LogP contribution in [0.25, 0.3) is 0 Å². The van der Waals surface area contributed by atoms with Crippen molar-refractivity contribution in [3.8, 4) is 0 Å². The van der Waals surface area contributed by atoms with E-state index in [1.54, 1.807) is 0 Å². The Morgan fingerprint density at radius 3 is 2.67 bits per heavy atom. The predicted octanol–water partition coefficient (Wildman–Crippen LogP) is 1.32. The molecule has 0 aromatic carbocycles. The van der Waals surface area contributed by atoms with Gasteiger partial charge in [-0.3, -0.25) is 9.59 Å². The topological polar surface area (TPSA) is 75.6 Å². The minimum absolute atomic E-state index is 0.00565. The van der Waals surface area contributed by atoms with Crippen LogP contribution in [-0.2, 0) is 14.3 Å². The lowest BCUT2D eigenvalue weighted by Gasteiger charge is -2.42. The number of carbonyl (C=O) groups is 2. The second-order valence-corrected chi connectivity index (χ2v) is 5.60. The van der Waals surface area contributed by atoms with Crippen LogP contribution in [0.5, 0.6) is 0 Å². The molecule has 102 valence electrons. The lowest BCUT2D eigenvalue weighted by molar-refractivity contribution is -0.141. The SMILES string of the molecule is CC1CC(C(=O)NC2(CC(=O)O)CCC2)CCO1. The van der Waals surface area contributed by atoms with Gasteiger partial charge in [0, 0.05) is 12.5 Å². The van der Waals surface area contributed by atoms with E-state index < -0.39 is 11.5 Å². The zero-order chi connectivity index (χ0) is 13.2. The molecule has 2 unspecified atom stereocenters. The predicted molar refractivity (Wildman–Crippen MR) is 65.1 cm³/mol. The van der Waals surface area contributed by atoms with E-state index in [9.17, 15) is 9.59 Å². The lowest BCUT2D eigenvalue weighted by Crippen LogP contribution is -2.56. The van der Waals surface area contributed by atoms with Crippen molar-refractivity contribution in [2.75, 3.05) is 6.61 Å². The van der Waals surface area contributed by atoms with Gasteiger partial charge < -0.3 is 15.2 Å². The van der Waals surface area contributed by atoms with Crippen molar-refractivity contribution in [1.29, 1.82) is 0 Å². The molecule has 0 spiro atoms. The third-order valence-corrected chi connectivity index (χ3v) is 4.04. The number of carbonyl (C=O) groups excluding carboxylic acids is 1. The van der Waals surface area contributed by atoms with E-state index in [-0.39, 0.29) is 24.3 Å². The third kappa shape index (κ3) is 3.02. The van der Waals surface area contributed by atoms with Crippen LogP contribution in [0, 0.1) is 5.92 Å². The molecule has 2 fully saturated rings. The van der Waals surface area contributed by atoms with Crippen LogP contribution in [0.3, 0.4) is 0 Å². The molecule has 2 N–H and O–H groups in total. The van der Waals surface area contributed by atoms with Crippen LogP contribution in [0.2, 0.25) is 0 Å². The van der Waals surface area contributed by atoms with Gasteiger partial charge in [0.15, 0.2) is 0 Å². The first-order chi connectivity index (χ1) is 8.51. The Hall–Kier alpha value is -1.10. The molecule has 5 nitrogen and oxygen atoms in total. The normalized spacial score (nSPS) is 30.3. The minimum Gasteiger partial charge on any atom is -0.481 e. The maximum Gasteiger partial charge on any atom is 0.305 e. The van der Waals surface area contributed by atoms with Gasteiger partial charge in [0.25, 0.3) is 0 Å². The molecule has 2 rings (SSSR count). The molecule has 1 amide bonds. The molecule has 0 aromatic rings. The van der Waals surface area contributed by atoms with Gasteiger partial charge in [0.2, 0.25) is 5.91 Å². The van der Waals surface area contributed by atoms with Crippen LogP contribution >= 0.6 is 0 Å². The summed E-state index contributed by atoms with van der Waals surface area (Å²) in [6.07, 6.45) is 4.18. The van der Waals surface area contributed by atoms with Crippen molar-refractivity contribution in [3.63, 3.8) is 0 Å². The van der Waals surface area contributed by atoms with Crippen LogP contribution < -0.4 is 5.32 Å². The molecule has 2 atom stereocenters. The summed E-state index contributed by atoms with van der Waals surface area (Å²) in [6.45, 7) is 2.58. The van der Waals surface area contributed by atoms with Crippen molar-refractivity contribution >= 4 is 11.9 Å². The Labute approximate surface area is 107 Å². The maximum absolute atomic E-state index is 12.2. The van der Waals surface area contributed by atoms with Crippen LogP contribution in [-0.4, -0.2) is 35.2 Å². The summed E-state index contributed by atoms with van der Waals surface area (Å²) in [5.74, 6) is -0.860. The highest BCUT2D eigenvalue weighted by molar-refractivity contribution is 5.81. The summed E-state index contributed by atoms with van der Waals surface area (Å²) >= 11 is 0. The maximum atomic E-state index is 12.2. The monoisotopic (exact) mass is 255 g/mol. The second-order valence-electron chi connectivity index (χ2n) is 5.60. The standard InChI is InChI=1S/C13H21NO4/c1-9-7-10(3-6-18-9)12(17)14-13(4-2-5-13)8-11(15)16/h9-10H,2-8H2,1H3,(H,14,17)(H,15,16). The Kier molecular flexibility index (Phi) is 3.90. The number of nitrogens with one attached hydrogen (secondary N) is 1. The fourth-order valence-electron chi connectivity index (χ4n) is 2.84. The van der Waals surface area contributed by atoms with E-state index in [1.165, 1.54) is 0 Å². The summed E-state index contributed by atoms with van der Waals surface area (Å²) in [7, 11) is 0. The molecular formula is C13H21NO4. The molecule has 0 bridgehead atoms. The van der Waals surface area contributed by atoms with Crippen molar-refractivity contribution < 1.29 is 19.4 Å². The molecule has 1 aliphatic carbocycles. The molecule has 2 aliphatic rings. The van der Waals surface area contributed by atoms with Crippen molar-refractivity contribution in [3.05, 3.63) is 0 Å². The van der Waals surface area contributed by atoms with E-state index in [2.05, 4.69) is 5.32 Å². The first-order valence-electron chi connectivity index (χ1n) is 6.66. The van der Waals surface area contributed by atoms with Gasteiger partial charge in [-0.15, -0.1) is 0 Å². The van der Waals surface area contributed by atoms with Gasteiger partial charge in [0.05, 0.1) is 18.1 Å². The van der Waals surface area contributed by atoms with Crippen molar-refractivity contribution in [2.24, 2.45) is 5.92 Å². The van der Waals surface area contributed by atoms with E-state index in [0.29, 0.717) is 6.61 Å². The van der Waals surface area contributed by atoms with Crippen LogP contribution in [0.1, 0.15) is 45.4 Å². The highest BCUT2D eigenvalue weighted by Crippen LogP contribution is 2.35. The first kappa shape index (κ1) is 13.3. The summed E-state index contributed by atoms with van der Waals surface area (Å²) in [6, 6.07) is 0. The smallest absolute Gasteiger partial charge is 0.305 e. The van der Waals surface area contributed by atoms with E-state index in [0.717, 1.165) is 32.1 Å². The van der Waals surface area contributed by atoms with Gasteiger partial charge in [-0.05, 0) is 39.0 Å². The van der Waals surface area contributed by atoms with E-state index in [4.69, 9.17) is 9.84 Å². The van der Waals surface area contributed by atoms with Gasteiger partial charge in [-0.2, -0.15) is 0 Å². The molecule has 18 heavy (non-hydrogen) atoms. The van der Waals surface area contributed by atoms with Gasteiger partial charge >= 0.3 is 5.97 Å². The fourth-order valence-corrected chi connectivity index (χ4v) is 2.84. The van der Waals surface area contributed by atoms with Crippen molar-refractivity contribution in [2.45, 2.75) is 57.1 Å². The summed E-state index contributed by atoms with van der Waals surface area (Å²) in [5, 5.41) is 11.9. The summed E-state index contributed by atoms with van der Waals surface area (Å²) < 4.78 is 5.42. The highest BCUT2D eigenvalue weighted by Gasteiger charge is 2.41. The molecular weight excluding hydrogens is 234 g/mol. The summed E-state index contributed by atoms with van der Waals surface area (Å²) in [5.41, 5.74) is -0.482. The summed E-state index contributed by atoms with van der Waals surface area (Å²) in [4.78, 5) is 23.0. The minimum atomic E-state index is -0.838. The van der Waals surface area contributed by atoms with Crippen LogP contribution in [0.4, 0.5) is 0 Å².